The molecule has 1 aromatic heterocycles. The molecule has 4 aliphatic rings. The van der Waals surface area contributed by atoms with Gasteiger partial charge in [-0.2, -0.15) is 0 Å². The lowest BCUT2D eigenvalue weighted by Gasteiger charge is -2.51. The number of aliphatic hydroxyl groups excluding tert-OH is 1. The molecule has 1 amide bonds. The number of likely N-dealkylation sites (tertiary alicyclic amines) is 1. The number of amides is 1. The molecule has 47 heavy (non-hydrogen) atoms. The molecule has 2 saturated heterocycles. The van der Waals surface area contributed by atoms with Crippen molar-refractivity contribution in [3.8, 4) is 5.75 Å². The molecule has 15 heteroatoms. The van der Waals surface area contributed by atoms with Gasteiger partial charge >= 0.3 is 5.97 Å². The summed E-state index contributed by atoms with van der Waals surface area (Å²) >= 11 is 1.38. The fourth-order valence-corrected chi connectivity index (χ4v) is 7.92. The number of hydrogen-bond donors (Lipinski definition) is 1. The summed E-state index contributed by atoms with van der Waals surface area (Å²) in [6, 6.07) is 10.0. The van der Waals surface area contributed by atoms with Crippen LogP contribution in [0.3, 0.4) is 0 Å². The number of methoxy groups -OCH3 is 1. The van der Waals surface area contributed by atoms with Crippen LogP contribution in [0.5, 0.6) is 5.75 Å². The summed E-state index contributed by atoms with van der Waals surface area (Å²) < 4.78 is 53.4. The smallest absolute Gasteiger partial charge is 0.323 e. The molecule has 0 spiro atoms. The topological polar surface area (TPSA) is 123 Å². The number of nitrogens with zero attached hydrogens (tertiary/aromatic N) is 4. The van der Waals surface area contributed by atoms with Crippen molar-refractivity contribution in [3.05, 3.63) is 92.9 Å². The van der Waals surface area contributed by atoms with E-state index < -0.39 is 60.4 Å². The van der Waals surface area contributed by atoms with Gasteiger partial charge in [0.2, 0.25) is 17.6 Å². The Labute approximate surface area is 272 Å². The zero-order valence-electron chi connectivity index (χ0n) is 25.3. The van der Waals surface area contributed by atoms with Crippen molar-refractivity contribution in [2.45, 2.75) is 48.2 Å². The molecule has 12 nitrogen and oxygen atoms in total. The predicted octanol–water partition coefficient (Wildman–Crippen LogP) is 2.54. The number of thioether (sulfide) groups is 1. The molecule has 0 radical (unpaired) electrons. The molecular weight excluding hydrogens is 638 g/mol. The van der Waals surface area contributed by atoms with E-state index >= 15 is 4.39 Å². The lowest BCUT2D eigenvalue weighted by atomic mass is 9.93. The highest BCUT2D eigenvalue weighted by Gasteiger charge is 2.46. The third kappa shape index (κ3) is 5.45. The van der Waals surface area contributed by atoms with Gasteiger partial charge in [-0.15, -0.1) is 11.8 Å². The first-order valence-corrected chi connectivity index (χ1v) is 16.2. The molecule has 3 aromatic rings. The number of halogens is 2. The zero-order valence-corrected chi connectivity index (χ0v) is 26.2. The van der Waals surface area contributed by atoms with Gasteiger partial charge in [-0.25, -0.2) is 13.7 Å². The van der Waals surface area contributed by atoms with Gasteiger partial charge in [-0.3, -0.25) is 24.1 Å². The molecule has 4 aliphatic heterocycles. The third-order valence-corrected chi connectivity index (χ3v) is 10.1. The largest absolute Gasteiger partial charge is 0.468 e. The predicted molar refractivity (Wildman–Crippen MR) is 163 cm³/mol. The maximum atomic E-state index is 15.4. The van der Waals surface area contributed by atoms with Crippen molar-refractivity contribution in [2.75, 3.05) is 45.2 Å². The second-order valence-corrected chi connectivity index (χ2v) is 12.5. The Morgan fingerprint density at radius 1 is 1.13 bits per heavy atom. The number of aromatic nitrogens is 1. The lowest BCUT2D eigenvalue weighted by Crippen LogP contribution is -2.66. The van der Waals surface area contributed by atoms with Crippen LogP contribution in [0.25, 0.3) is 0 Å². The normalized spacial score (nSPS) is 22.9. The Kier molecular flexibility index (Phi) is 8.65. The standard InChI is InChI=1S/C32H32F2N4O8S/c1-43-31(41)22-6-4-11-35(22)32(42)46-17-45-29-23(39)10-12-37-28(29)30(40)36-13-14-44-15-25(36)38(37)27-18-8-9-21(33)26(34)20(18)16-47-24-7-3-2-5-19(24)27/h2-3,5,7-10,12,22,25,27,32,42H,4,6,11,13-17H2,1H3/t22-,25+,27-,32?/m0/s1. The number of esters is 1. The first-order valence-electron chi connectivity index (χ1n) is 15.2. The monoisotopic (exact) mass is 670 g/mol. The van der Waals surface area contributed by atoms with Gasteiger partial charge in [0.15, 0.2) is 24.1 Å². The van der Waals surface area contributed by atoms with Crippen molar-refractivity contribution >= 4 is 23.6 Å². The molecule has 2 fully saturated rings. The van der Waals surface area contributed by atoms with Crippen LogP contribution in [0.15, 0.2) is 58.4 Å². The Morgan fingerprint density at radius 3 is 2.79 bits per heavy atom. The SMILES string of the molecule is COC(=O)[C@@H]1CCCN1C(O)OCOc1c2n(ccc1=O)N([C@@H]1c3ccccc3SCc3c1ccc(F)c3F)[C@@H]1COCCN1C2=O. The molecule has 248 valence electrons. The number of hydrogen-bond acceptors (Lipinski definition) is 11. The Balaban J connectivity index is 1.30. The van der Waals surface area contributed by atoms with Gasteiger partial charge in [0, 0.05) is 41.6 Å². The van der Waals surface area contributed by atoms with E-state index in [9.17, 15) is 23.9 Å². The second-order valence-electron chi connectivity index (χ2n) is 11.5. The van der Waals surface area contributed by atoms with Crippen LogP contribution < -0.4 is 15.2 Å². The molecule has 1 N–H and O–H groups in total. The van der Waals surface area contributed by atoms with Gasteiger partial charge < -0.3 is 29.0 Å². The second kappa shape index (κ2) is 12.9. The Bertz CT molecular complexity index is 1780. The highest BCUT2D eigenvalue weighted by atomic mass is 32.2. The first-order chi connectivity index (χ1) is 22.8. The van der Waals surface area contributed by atoms with Crippen molar-refractivity contribution in [2.24, 2.45) is 0 Å². The third-order valence-electron chi connectivity index (χ3n) is 9.00. The maximum Gasteiger partial charge on any atom is 0.323 e. The molecule has 0 saturated carbocycles. The van der Waals surface area contributed by atoms with E-state index in [4.69, 9.17) is 18.9 Å². The van der Waals surface area contributed by atoms with Gasteiger partial charge in [0.05, 0.1) is 26.4 Å². The van der Waals surface area contributed by atoms with Gasteiger partial charge in [-0.1, -0.05) is 24.3 Å². The average Bonchev–Trinajstić information content (AvgIpc) is 3.52. The van der Waals surface area contributed by atoms with Crippen molar-refractivity contribution in [3.63, 3.8) is 0 Å². The Morgan fingerprint density at radius 2 is 1.96 bits per heavy atom. The summed E-state index contributed by atoms with van der Waals surface area (Å²) in [6.07, 6.45) is 0.364. The first kappa shape index (κ1) is 31.6. The summed E-state index contributed by atoms with van der Waals surface area (Å²) in [4.78, 5) is 43.4. The van der Waals surface area contributed by atoms with Crippen LogP contribution in [0.2, 0.25) is 0 Å². The Hall–Kier alpha value is -4.02. The molecule has 1 unspecified atom stereocenters. The van der Waals surface area contributed by atoms with Crippen molar-refractivity contribution in [1.82, 2.24) is 14.5 Å². The number of fused-ring (bicyclic) bond motifs is 4. The summed E-state index contributed by atoms with van der Waals surface area (Å²) in [5.74, 6) is -3.02. The molecule has 5 heterocycles. The minimum atomic E-state index is -1.54. The summed E-state index contributed by atoms with van der Waals surface area (Å²) in [5.41, 5.74) is 0.802. The molecule has 0 aliphatic carbocycles. The fraction of sp³-hybridized carbons (Fsp3) is 0.406. The van der Waals surface area contributed by atoms with Gasteiger partial charge in [0.1, 0.15) is 12.2 Å². The van der Waals surface area contributed by atoms with E-state index in [1.807, 2.05) is 29.3 Å². The summed E-state index contributed by atoms with van der Waals surface area (Å²) in [7, 11) is 1.26. The maximum absolute atomic E-state index is 15.4. The molecule has 7 rings (SSSR count). The number of pyridine rings is 1. The number of ether oxygens (including phenoxy) is 4. The van der Waals surface area contributed by atoms with E-state index in [0.717, 1.165) is 16.5 Å². The van der Waals surface area contributed by atoms with Crippen molar-refractivity contribution < 1.29 is 42.4 Å². The molecular formula is C32H32F2N4O8S. The van der Waals surface area contributed by atoms with Crippen molar-refractivity contribution in [1.29, 1.82) is 0 Å². The van der Waals surface area contributed by atoms with Crippen LogP contribution in [0.1, 0.15) is 46.1 Å². The summed E-state index contributed by atoms with van der Waals surface area (Å²) in [6.45, 7) is 0.334. The minimum absolute atomic E-state index is 0.0964. The quantitative estimate of drug-likeness (QED) is 0.295. The van der Waals surface area contributed by atoms with E-state index in [0.29, 0.717) is 24.9 Å². The zero-order chi connectivity index (χ0) is 32.8. The molecule has 0 bridgehead atoms. The number of benzene rings is 2. The van der Waals surface area contributed by atoms with Crippen LogP contribution in [0, 0.1) is 11.6 Å². The van der Waals surface area contributed by atoms with E-state index in [1.54, 1.807) is 11.0 Å². The minimum Gasteiger partial charge on any atom is -0.468 e. The van der Waals surface area contributed by atoms with Crippen LogP contribution in [-0.4, -0.2) is 90.3 Å². The summed E-state index contributed by atoms with van der Waals surface area (Å²) in [5, 5.41) is 12.5. The van der Waals surface area contributed by atoms with Crippen LogP contribution >= 0.6 is 11.8 Å². The highest BCUT2D eigenvalue weighted by Crippen LogP contribution is 2.45. The molecule has 2 aromatic carbocycles. The van der Waals surface area contributed by atoms with Gasteiger partial charge in [0.25, 0.3) is 5.91 Å². The van der Waals surface area contributed by atoms with Gasteiger partial charge in [-0.05, 0) is 36.1 Å². The molecule has 4 atom stereocenters. The number of carbonyl (C=O) groups excluding carboxylic acids is 2. The van der Waals surface area contributed by atoms with Crippen LogP contribution in [-0.2, 0) is 24.8 Å². The van der Waals surface area contributed by atoms with E-state index in [1.165, 1.54) is 40.7 Å². The number of carbonyl (C=O) groups is 2. The highest BCUT2D eigenvalue weighted by molar-refractivity contribution is 7.98. The fourth-order valence-electron chi connectivity index (χ4n) is 6.80. The number of aliphatic hydroxyl groups is 1. The van der Waals surface area contributed by atoms with Crippen LogP contribution in [0.4, 0.5) is 8.78 Å². The average molecular weight is 671 g/mol. The van der Waals surface area contributed by atoms with E-state index in [2.05, 4.69) is 0 Å². The van der Waals surface area contributed by atoms with E-state index in [-0.39, 0.29) is 42.5 Å². The number of morpholine rings is 1. The number of rotatable bonds is 7. The lowest BCUT2D eigenvalue weighted by molar-refractivity contribution is -0.226.